The molecular weight excluding hydrogens is 453 g/mol. The van der Waals surface area contributed by atoms with Gasteiger partial charge in [-0.15, -0.1) is 10.2 Å². The summed E-state index contributed by atoms with van der Waals surface area (Å²) in [6.07, 6.45) is 0. The van der Waals surface area contributed by atoms with E-state index in [1.165, 1.54) is 28.6 Å². The molecule has 0 saturated heterocycles. The number of nitrogen functional groups attached to an aromatic ring is 1. The smallest absolute Gasteiger partial charge is 0.242 e. The van der Waals surface area contributed by atoms with Crippen LogP contribution in [0.15, 0.2) is 78.0 Å². The molecule has 0 radical (unpaired) electrons. The number of nitrogens with zero attached hydrogens (tertiary/aromatic N) is 3. The highest BCUT2D eigenvalue weighted by Crippen LogP contribution is 2.35. The third kappa shape index (κ3) is 5.55. The first-order valence-corrected chi connectivity index (χ1v) is 11.5. The van der Waals surface area contributed by atoms with Crippen molar-refractivity contribution in [1.82, 2.24) is 14.9 Å². The number of ether oxygens (including phenoxy) is 1. The van der Waals surface area contributed by atoms with E-state index in [2.05, 4.69) is 15.5 Å². The Morgan fingerprint density at radius 1 is 1.06 bits per heavy atom. The zero-order valence-corrected chi connectivity index (χ0v) is 19.6. The Hall–Kier alpha value is -3.85. The Morgan fingerprint density at radius 2 is 1.74 bits per heavy atom. The minimum atomic E-state index is -0.631. The molecule has 4 aromatic rings. The number of aryl methyl sites for hydroxylation is 2. The third-order valence-corrected chi connectivity index (χ3v) is 6.19. The zero-order valence-electron chi connectivity index (χ0n) is 18.7. The van der Waals surface area contributed by atoms with Crippen LogP contribution in [0, 0.1) is 19.7 Å². The number of benzene rings is 3. The molecule has 3 aromatic carbocycles. The Kier molecular flexibility index (Phi) is 7.12. The molecule has 0 bridgehead atoms. The van der Waals surface area contributed by atoms with E-state index in [1.807, 2.05) is 62.4 Å². The van der Waals surface area contributed by atoms with Crippen molar-refractivity contribution in [2.75, 3.05) is 11.2 Å². The number of carbonyl (C=O) groups excluding carboxylic acids is 1. The van der Waals surface area contributed by atoms with E-state index in [0.29, 0.717) is 11.0 Å². The van der Waals surface area contributed by atoms with Crippen molar-refractivity contribution in [1.29, 1.82) is 0 Å². The van der Waals surface area contributed by atoms with Crippen LogP contribution in [0.25, 0.3) is 0 Å². The maximum atomic E-state index is 13.8. The quantitative estimate of drug-likeness (QED) is 0.280. The number of rotatable bonds is 8. The molecule has 4 rings (SSSR count). The number of nitrogens with one attached hydrogen (secondary N) is 1. The second kappa shape index (κ2) is 10.4. The molecule has 0 aliphatic heterocycles. The molecule has 9 heteroatoms. The van der Waals surface area contributed by atoms with Crippen molar-refractivity contribution in [3.8, 4) is 5.75 Å². The van der Waals surface area contributed by atoms with Gasteiger partial charge >= 0.3 is 0 Å². The first-order valence-electron chi connectivity index (χ1n) is 10.6. The van der Waals surface area contributed by atoms with Crippen LogP contribution in [-0.2, 0) is 11.4 Å². The van der Waals surface area contributed by atoms with Gasteiger partial charge in [-0.25, -0.2) is 9.07 Å². The highest BCUT2D eigenvalue weighted by atomic mass is 32.2. The minimum absolute atomic E-state index is 0.0736. The SMILES string of the molecule is Cc1cc(C)cc(NC(=O)[C@@H](Sc2nnc(COc3ccccc3F)n2N)c2ccccc2)c1. The molecule has 1 aromatic heterocycles. The summed E-state index contributed by atoms with van der Waals surface area (Å²) in [5, 5.41) is 10.9. The van der Waals surface area contributed by atoms with Crippen molar-refractivity contribution in [3.63, 3.8) is 0 Å². The predicted octanol–water partition coefficient (Wildman–Crippen LogP) is 4.80. The fourth-order valence-corrected chi connectivity index (χ4v) is 4.43. The van der Waals surface area contributed by atoms with Gasteiger partial charge in [-0.1, -0.05) is 60.3 Å². The number of thioether (sulfide) groups is 1. The largest absolute Gasteiger partial charge is 0.482 e. The Labute approximate surface area is 201 Å². The topological polar surface area (TPSA) is 95.1 Å². The first kappa shape index (κ1) is 23.3. The van der Waals surface area contributed by atoms with Crippen LogP contribution in [0.1, 0.15) is 27.8 Å². The van der Waals surface area contributed by atoms with Gasteiger partial charge in [0, 0.05) is 5.69 Å². The Morgan fingerprint density at radius 3 is 2.44 bits per heavy atom. The van der Waals surface area contributed by atoms with Crippen LogP contribution in [0.4, 0.5) is 10.1 Å². The fraction of sp³-hybridized carbons (Fsp3) is 0.160. The monoisotopic (exact) mass is 477 g/mol. The summed E-state index contributed by atoms with van der Waals surface area (Å²) in [5.41, 5.74) is 3.62. The van der Waals surface area contributed by atoms with Crippen molar-refractivity contribution in [3.05, 3.63) is 101 Å². The van der Waals surface area contributed by atoms with Crippen molar-refractivity contribution >= 4 is 23.4 Å². The molecule has 1 amide bonds. The molecule has 0 spiro atoms. The second-order valence-corrected chi connectivity index (χ2v) is 8.83. The Balaban J connectivity index is 1.54. The van der Waals surface area contributed by atoms with Crippen LogP contribution in [0.5, 0.6) is 5.75 Å². The fourth-order valence-electron chi connectivity index (χ4n) is 3.45. The highest BCUT2D eigenvalue weighted by Gasteiger charge is 2.26. The van der Waals surface area contributed by atoms with Crippen molar-refractivity contribution in [2.24, 2.45) is 0 Å². The van der Waals surface area contributed by atoms with Gasteiger partial charge in [0.05, 0.1) is 0 Å². The lowest BCUT2D eigenvalue weighted by Gasteiger charge is -2.17. The van der Waals surface area contributed by atoms with Crippen LogP contribution in [0.2, 0.25) is 0 Å². The Bertz CT molecular complexity index is 1280. The summed E-state index contributed by atoms with van der Waals surface area (Å²) in [6, 6.07) is 21.3. The lowest BCUT2D eigenvalue weighted by molar-refractivity contribution is -0.115. The average Bonchev–Trinajstić information content (AvgIpc) is 3.15. The summed E-state index contributed by atoms with van der Waals surface area (Å²) in [4.78, 5) is 13.3. The molecule has 0 fully saturated rings. The van der Waals surface area contributed by atoms with Gasteiger partial charge in [-0.3, -0.25) is 4.79 Å². The average molecular weight is 478 g/mol. The summed E-state index contributed by atoms with van der Waals surface area (Å²) in [7, 11) is 0. The number of para-hydroxylation sites is 1. The summed E-state index contributed by atoms with van der Waals surface area (Å²) < 4.78 is 20.6. The molecule has 1 heterocycles. The van der Waals surface area contributed by atoms with E-state index < -0.39 is 11.1 Å². The van der Waals surface area contributed by atoms with Gasteiger partial charge in [0.15, 0.2) is 17.4 Å². The molecule has 0 saturated carbocycles. The van der Waals surface area contributed by atoms with E-state index in [1.54, 1.807) is 12.1 Å². The van der Waals surface area contributed by atoms with Crippen LogP contribution in [-0.4, -0.2) is 20.8 Å². The summed E-state index contributed by atoms with van der Waals surface area (Å²) in [6.45, 7) is 3.89. The summed E-state index contributed by atoms with van der Waals surface area (Å²) in [5.74, 6) is 5.89. The molecule has 0 aliphatic rings. The molecule has 7 nitrogen and oxygen atoms in total. The standard InChI is InChI=1S/C25H24FN5O2S/c1-16-12-17(2)14-19(13-16)28-24(32)23(18-8-4-3-5-9-18)34-25-30-29-22(31(25)27)15-33-21-11-7-6-10-20(21)26/h3-14,23H,15,27H2,1-2H3,(H,28,32)/t23-/m0/s1. The lowest BCUT2D eigenvalue weighted by Crippen LogP contribution is -2.21. The van der Waals surface area contributed by atoms with Crippen molar-refractivity contribution < 1.29 is 13.9 Å². The van der Waals surface area contributed by atoms with Gasteiger partial charge in [-0.05, 0) is 54.8 Å². The van der Waals surface area contributed by atoms with Gasteiger partial charge in [0.25, 0.3) is 0 Å². The van der Waals surface area contributed by atoms with Crippen LogP contribution >= 0.6 is 11.8 Å². The van der Waals surface area contributed by atoms with Gasteiger partial charge in [0.1, 0.15) is 11.9 Å². The van der Waals surface area contributed by atoms with Gasteiger partial charge < -0.3 is 15.9 Å². The number of amides is 1. The normalized spacial score (nSPS) is 11.7. The van der Waals surface area contributed by atoms with E-state index in [-0.39, 0.29) is 18.3 Å². The van der Waals surface area contributed by atoms with Gasteiger partial charge in [-0.2, -0.15) is 0 Å². The molecule has 0 unspecified atom stereocenters. The van der Waals surface area contributed by atoms with Crippen molar-refractivity contribution in [2.45, 2.75) is 30.9 Å². The number of nitrogens with two attached hydrogens (primary N) is 1. The van der Waals surface area contributed by atoms with E-state index >= 15 is 0 Å². The third-order valence-electron chi connectivity index (χ3n) is 4.98. The molecule has 34 heavy (non-hydrogen) atoms. The van der Waals surface area contributed by atoms with Gasteiger partial charge in [0.2, 0.25) is 11.1 Å². The van der Waals surface area contributed by atoms with E-state index in [0.717, 1.165) is 22.4 Å². The first-order chi connectivity index (χ1) is 16.4. The number of carbonyl (C=O) groups is 1. The zero-order chi connectivity index (χ0) is 24.1. The maximum Gasteiger partial charge on any atom is 0.242 e. The van der Waals surface area contributed by atoms with E-state index in [9.17, 15) is 9.18 Å². The van der Waals surface area contributed by atoms with Crippen LogP contribution in [0.3, 0.4) is 0 Å². The summed E-state index contributed by atoms with van der Waals surface area (Å²) >= 11 is 1.17. The highest BCUT2D eigenvalue weighted by molar-refractivity contribution is 8.00. The number of hydrogen-bond donors (Lipinski definition) is 2. The number of halogens is 1. The number of aromatic nitrogens is 3. The molecular formula is C25H24FN5O2S. The van der Waals surface area contributed by atoms with E-state index in [4.69, 9.17) is 10.6 Å². The minimum Gasteiger partial charge on any atom is -0.482 e. The number of anilines is 1. The molecule has 3 N–H and O–H groups in total. The van der Waals surface area contributed by atoms with Crippen LogP contribution < -0.4 is 15.9 Å². The molecule has 1 atom stereocenters. The predicted molar refractivity (Wildman–Crippen MR) is 130 cm³/mol. The second-order valence-electron chi connectivity index (χ2n) is 7.76. The molecule has 0 aliphatic carbocycles. The lowest BCUT2D eigenvalue weighted by atomic mass is 10.1. The molecule has 174 valence electrons. The maximum absolute atomic E-state index is 13.8. The number of hydrogen-bond acceptors (Lipinski definition) is 6.